The molecule has 4 nitrogen and oxygen atoms in total. The molecule has 2 aromatic heterocycles. The van der Waals surface area contributed by atoms with Crippen molar-refractivity contribution in [3.63, 3.8) is 0 Å². The second kappa shape index (κ2) is 6.40. The van der Waals surface area contributed by atoms with Gasteiger partial charge in [0.1, 0.15) is 5.76 Å². The minimum atomic E-state index is 0.836. The van der Waals surface area contributed by atoms with Crippen LogP contribution >= 0.6 is 11.8 Å². The number of furan rings is 1. The summed E-state index contributed by atoms with van der Waals surface area (Å²) in [6, 6.07) is 10.5. The summed E-state index contributed by atoms with van der Waals surface area (Å²) in [6.07, 6.45) is 1.69. The molecule has 1 aromatic carbocycles. The van der Waals surface area contributed by atoms with Crippen LogP contribution in [0.15, 0.2) is 46.2 Å². The molecule has 0 radical (unpaired) electrons. The zero-order valence-electron chi connectivity index (χ0n) is 13.0. The van der Waals surface area contributed by atoms with E-state index in [0.29, 0.717) is 0 Å². The van der Waals surface area contributed by atoms with E-state index in [0.717, 1.165) is 34.6 Å². The molecular formula is C17H19N3OS. The van der Waals surface area contributed by atoms with E-state index in [-0.39, 0.29) is 0 Å². The summed E-state index contributed by atoms with van der Waals surface area (Å²) in [5.41, 5.74) is 3.59. The zero-order chi connectivity index (χ0) is 15.5. The van der Waals surface area contributed by atoms with Crippen molar-refractivity contribution in [2.75, 3.05) is 0 Å². The molecule has 114 valence electrons. The third kappa shape index (κ3) is 2.95. The van der Waals surface area contributed by atoms with Crippen LogP contribution in [0.3, 0.4) is 0 Å². The van der Waals surface area contributed by atoms with Crippen molar-refractivity contribution in [2.24, 2.45) is 0 Å². The molecule has 0 fully saturated rings. The van der Waals surface area contributed by atoms with E-state index in [1.165, 1.54) is 11.1 Å². The summed E-state index contributed by atoms with van der Waals surface area (Å²) < 4.78 is 7.52. The molecule has 0 aliphatic rings. The first kappa shape index (κ1) is 14.9. The first-order chi connectivity index (χ1) is 10.7. The summed E-state index contributed by atoms with van der Waals surface area (Å²) in [4.78, 5) is 0. The van der Waals surface area contributed by atoms with Crippen LogP contribution in [0.1, 0.15) is 23.8 Å². The van der Waals surface area contributed by atoms with Gasteiger partial charge >= 0.3 is 0 Å². The topological polar surface area (TPSA) is 43.9 Å². The third-order valence-electron chi connectivity index (χ3n) is 3.62. The number of aryl methyl sites for hydroxylation is 2. The van der Waals surface area contributed by atoms with Gasteiger partial charge in [-0.05, 0) is 32.4 Å². The van der Waals surface area contributed by atoms with Crippen molar-refractivity contribution in [3.8, 4) is 11.4 Å². The SMILES string of the molecule is CCn1c(SCc2ccc(C)cc2)nnc1-c1ccoc1C. The second-order valence-electron chi connectivity index (χ2n) is 5.22. The highest BCUT2D eigenvalue weighted by molar-refractivity contribution is 7.98. The number of hydrogen-bond donors (Lipinski definition) is 0. The molecule has 3 aromatic rings. The molecule has 0 aliphatic heterocycles. The summed E-state index contributed by atoms with van der Waals surface area (Å²) in [5, 5.41) is 9.64. The Morgan fingerprint density at radius 1 is 1.09 bits per heavy atom. The molecule has 0 spiro atoms. The van der Waals surface area contributed by atoms with Gasteiger partial charge in [0.15, 0.2) is 11.0 Å². The Kier molecular flexibility index (Phi) is 4.34. The molecule has 0 saturated carbocycles. The number of nitrogens with zero attached hydrogens (tertiary/aromatic N) is 3. The zero-order valence-corrected chi connectivity index (χ0v) is 13.9. The van der Waals surface area contributed by atoms with Gasteiger partial charge in [-0.3, -0.25) is 0 Å². The fourth-order valence-electron chi connectivity index (χ4n) is 2.33. The van der Waals surface area contributed by atoms with Crippen LogP contribution in [0.2, 0.25) is 0 Å². The van der Waals surface area contributed by atoms with Crippen molar-refractivity contribution in [1.29, 1.82) is 0 Å². The van der Waals surface area contributed by atoms with Crippen LogP contribution in [-0.4, -0.2) is 14.8 Å². The smallest absolute Gasteiger partial charge is 0.191 e. The fourth-order valence-corrected chi connectivity index (χ4v) is 3.29. The van der Waals surface area contributed by atoms with E-state index in [4.69, 9.17) is 4.42 Å². The predicted octanol–water partition coefficient (Wildman–Crippen LogP) is 4.47. The van der Waals surface area contributed by atoms with Crippen molar-refractivity contribution in [1.82, 2.24) is 14.8 Å². The second-order valence-corrected chi connectivity index (χ2v) is 6.16. The maximum Gasteiger partial charge on any atom is 0.191 e. The van der Waals surface area contributed by atoms with Gasteiger partial charge < -0.3 is 8.98 Å². The summed E-state index contributed by atoms with van der Waals surface area (Å²) in [7, 11) is 0. The van der Waals surface area contributed by atoms with Gasteiger partial charge in [0, 0.05) is 12.3 Å². The number of rotatable bonds is 5. The van der Waals surface area contributed by atoms with Crippen LogP contribution in [0.4, 0.5) is 0 Å². The molecule has 0 unspecified atom stereocenters. The number of hydrogen-bond acceptors (Lipinski definition) is 4. The van der Waals surface area contributed by atoms with Crippen LogP contribution < -0.4 is 0 Å². The maximum absolute atomic E-state index is 5.38. The van der Waals surface area contributed by atoms with E-state index in [1.54, 1.807) is 18.0 Å². The van der Waals surface area contributed by atoms with Crippen molar-refractivity contribution in [3.05, 3.63) is 53.5 Å². The van der Waals surface area contributed by atoms with E-state index in [1.807, 2.05) is 13.0 Å². The van der Waals surface area contributed by atoms with Crippen LogP contribution in [0, 0.1) is 13.8 Å². The number of aromatic nitrogens is 3. The molecular weight excluding hydrogens is 294 g/mol. The lowest BCUT2D eigenvalue weighted by Crippen LogP contribution is -2.00. The lowest BCUT2D eigenvalue weighted by atomic mass is 10.2. The Morgan fingerprint density at radius 3 is 2.50 bits per heavy atom. The average molecular weight is 313 g/mol. The number of benzene rings is 1. The molecule has 2 heterocycles. The normalized spacial score (nSPS) is 11.0. The molecule has 0 bridgehead atoms. The Labute approximate surface area is 134 Å². The Hall–Kier alpha value is -2.01. The standard InChI is InChI=1S/C17H19N3OS/c1-4-20-16(15-9-10-21-13(15)3)18-19-17(20)22-11-14-7-5-12(2)6-8-14/h5-10H,4,11H2,1-3H3. The molecule has 3 rings (SSSR count). The van der Waals surface area contributed by atoms with Gasteiger partial charge in [0.25, 0.3) is 0 Å². The lowest BCUT2D eigenvalue weighted by Gasteiger charge is -2.07. The van der Waals surface area contributed by atoms with Crippen molar-refractivity contribution < 1.29 is 4.42 Å². The van der Waals surface area contributed by atoms with Gasteiger partial charge in [0.05, 0.1) is 11.8 Å². The maximum atomic E-state index is 5.38. The van der Waals surface area contributed by atoms with Crippen LogP contribution in [-0.2, 0) is 12.3 Å². The highest BCUT2D eigenvalue weighted by Gasteiger charge is 2.16. The molecule has 0 saturated heterocycles. The van der Waals surface area contributed by atoms with E-state index >= 15 is 0 Å². The van der Waals surface area contributed by atoms with Crippen LogP contribution in [0.25, 0.3) is 11.4 Å². The summed E-state index contributed by atoms with van der Waals surface area (Å²) in [5.74, 6) is 2.64. The Morgan fingerprint density at radius 2 is 1.86 bits per heavy atom. The Bertz CT molecular complexity index is 759. The molecule has 0 amide bonds. The fraction of sp³-hybridized carbons (Fsp3) is 0.294. The van der Waals surface area contributed by atoms with Gasteiger partial charge in [-0.2, -0.15) is 0 Å². The van der Waals surface area contributed by atoms with E-state index in [9.17, 15) is 0 Å². The first-order valence-electron chi connectivity index (χ1n) is 7.35. The molecule has 22 heavy (non-hydrogen) atoms. The molecule has 5 heteroatoms. The highest BCUT2D eigenvalue weighted by atomic mass is 32.2. The van der Waals surface area contributed by atoms with Gasteiger partial charge in [-0.1, -0.05) is 41.6 Å². The largest absolute Gasteiger partial charge is 0.469 e. The summed E-state index contributed by atoms with van der Waals surface area (Å²) >= 11 is 1.71. The molecule has 0 aliphatic carbocycles. The Balaban J connectivity index is 1.81. The minimum absolute atomic E-state index is 0.836. The van der Waals surface area contributed by atoms with Gasteiger partial charge in [-0.25, -0.2) is 0 Å². The predicted molar refractivity (Wildman–Crippen MR) is 88.9 cm³/mol. The highest BCUT2D eigenvalue weighted by Crippen LogP contribution is 2.28. The molecule has 0 N–H and O–H groups in total. The summed E-state index contributed by atoms with van der Waals surface area (Å²) in [6.45, 7) is 6.99. The number of thioether (sulfide) groups is 1. The van der Waals surface area contributed by atoms with E-state index < -0.39 is 0 Å². The van der Waals surface area contributed by atoms with Crippen LogP contribution in [0.5, 0.6) is 0 Å². The van der Waals surface area contributed by atoms with Gasteiger partial charge in [0.2, 0.25) is 0 Å². The quantitative estimate of drug-likeness (QED) is 0.652. The average Bonchev–Trinajstić information content (AvgIpc) is 3.12. The molecule has 0 atom stereocenters. The van der Waals surface area contributed by atoms with Crippen molar-refractivity contribution in [2.45, 2.75) is 38.2 Å². The van der Waals surface area contributed by atoms with Gasteiger partial charge in [-0.15, -0.1) is 10.2 Å². The third-order valence-corrected chi connectivity index (χ3v) is 4.66. The lowest BCUT2D eigenvalue weighted by molar-refractivity contribution is 0.534. The van der Waals surface area contributed by atoms with Crippen molar-refractivity contribution >= 4 is 11.8 Å². The van der Waals surface area contributed by atoms with E-state index in [2.05, 4.69) is 52.9 Å². The monoisotopic (exact) mass is 313 g/mol. The first-order valence-corrected chi connectivity index (χ1v) is 8.33. The minimum Gasteiger partial charge on any atom is -0.469 e.